The molecule has 0 saturated carbocycles. The average molecular weight is 370 g/mol. The lowest BCUT2D eigenvalue weighted by Crippen LogP contribution is -2.52. The first-order valence-corrected chi connectivity index (χ1v) is 9.00. The fourth-order valence-electron chi connectivity index (χ4n) is 3.10. The van der Waals surface area contributed by atoms with Crippen LogP contribution in [0.4, 0.5) is 18.9 Å². The van der Waals surface area contributed by atoms with Crippen molar-refractivity contribution < 1.29 is 22.2 Å². The Morgan fingerprint density at radius 1 is 1.20 bits per heavy atom. The van der Waals surface area contributed by atoms with Crippen molar-refractivity contribution in [3.8, 4) is 0 Å². The highest BCUT2D eigenvalue weighted by molar-refractivity contribution is 7.88. The van der Waals surface area contributed by atoms with E-state index in [2.05, 4.69) is 5.10 Å². The van der Waals surface area contributed by atoms with Gasteiger partial charge in [0.15, 0.2) is 4.75 Å². The number of rotatable bonds is 1. The van der Waals surface area contributed by atoms with Crippen LogP contribution < -0.4 is 5.01 Å². The third-order valence-corrected chi connectivity index (χ3v) is 6.86. The number of hydrogen-bond donors (Lipinski definition) is 0. The molecule has 1 spiro atoms. The molecule has 134 valence electrons. The Labute approximate surface area is 145 Å². The van der Waals surface area contributed by atoms with Gasteiger partial charge in [-0.15, -0.1) is 0 Å². The minimum atomic E-state index is -4.51. The maximum atomic E-state index is 13.0. The number of allylic oxidation sites excluding steroid dienone is 1. The van der Waals surface area contributed by atoms with Gasteiger partial charge in [-0.05, 0) is 45.4 Å². The van der Waals surface area contributed by atoms with Crippen molar-refractivity contribution in [1.29, 1.82) is 0 Å². The van der Waals surface area contributed by atoms with Gasteiger partial charge in [0.05, 0.1) is 17.0 Å². The molecule has 1 aromatic rings. The smallest absolute Gasteiger partial charge is 0.270 e. The normalized spacial score (nSPS) is 27.3. The monoisotopic (exact) mass is 370 g/mol. The molecule has 25 heavy (non-hydrogen) atoms. The molecule has 0 bridgehead atoms. The Hall–Kier alpha value is -1.96. The van der Waals surface area contributed by atoms with E-state index >= 15 is 0 Å². The number of hydrazone groups is 1. The summed E-state index contributed by atoms with van der Waals surface area (Å²) in [7, 11) is -1.50. The lowest BCUT2D eigenvalue weighted by Gasteiger charge is -2.32. The molecular weight excluding hydrogens is 353 g/mol. The van der Waals surface area contributed by atoms with Crippen LogP contribution in [-0.4, -0.2) is 26.3 Å². The van der Waals surface area contributed by atoms with E-state index in [1.54, 1.807) is 6.92 Å². The van der Waals surface area contributed by atoms with E-state index in [1.807, 2.05) is 13.8 Å². The summed E-state index contributed by atoms with van der Waals surface area (Å²) in [4.78, 5) is 13.0. The summed E-state index contributed by atoms with van der Waals surface area (Å²) >= 11 is 0. The number of hydrogen-bond acceptors (Lipinski definition) is 3. The van der Waals surface area contributed by atoms with Crippen LogP contribution in [0.15, 0.2) is 40.5 Å². The van der Waals surface area contributed by atoms with Gasteiger partial charge in [0.2, 0.25) is 0 Å². The van der Waals surface area contributed by atoms with Crippen molar-refractivity contribution in [3.05, 3.63) is 41.0 Å². The fourth-order valence-corrected chi connectivity index (χ4v) is 5.02. The Bertz CT molecular complexity index is 845. The first kappa shape index (κ1) is 17.8. The van der Waals surface area contributed by atoms with Crippen LogP contribution in [0, 0.1) is 0 Å². The van der Waals surface area contributed by atoms with Crippen LogP contribution >= 0.6 is 0 Å². The van der Waals surface area contributed by atoms with Gasteiger partial charge in [-0.25, -0.2) is 0 Å². The number of alkyl halides is 3. The second kappa shape index (κ2) is 5.79. The molecule has 4 nitrogen and oxygen atoms in total. The van der Waals surface area contributed by atoms with Crippen LogP contribution in [0.5, 0.6) is 0 Å². The molecule has 0 aromatic heterocycles. The third-order valence-electron chi connectivity index (χ3n) is 4.77. The summed E-state index contributed by atoms with van der Waals surface area (Å²) in [6.45, 7) is 5.36. The lowest BCUT2D eigenvalue weighted by molar-refractivity contribution is -0.137. The molecule has 0 saturated heterocycles. The van der Waals surface area contributed by atoms with Crippen molar-refractivity contribution in [2.24, 2.45) is 5.10 Å². The molecule has 0 aliphatic carbocycles. The quantitative estimate of drug-likeness (QED) is 0.709. The summed E-state index contributed by atoms with van der Waals surface area (Å²) in [5.41, 5.74) is 1.48. The highest BCUT2D eigenvalue weighted by Crippen LogP contribution is 2.40. The minimum Gasteiger partial charge on any atom is -0.270 e. The largest absolute Gasteiger partial charge is 0.416 e. The SMILES string of the molecule is CC1=NN(c2cccc(C(F)(F)F)c2)C(=O)C12CC(C)=C(C)CS2=O. The van der Waals surface area contributed by atoms with Gasteiger partial charge in [-0.2, -0.15) is 23.3 Å². The number of carbonyl (C=O) groups is 1. The Morgan fingerprint density at radius 3 is 2.52 bits per heavy atom. The second-order valence-electron chi connectivity index (χ2n) is 6.40. The van der Waals surface area contributed by atoms with E-state index in [1.165, 1.54) is 12.1 Å². The number of anilines is 1. The Morgan fingerprint density at radius 2 is 1.88 bits per heavy atom. The van der Waals surface area contributed by atoms with Crippen molar-refractivity contribution in [2.75, 3.05) is 10.8 Å². The van der Waals surface area contributed by atoms with E-state index in [4.69, 9.17) is 0 Å². The highest BCUT2D eigenvalue weighted by atomic mass is 32.2. The summed E-state index contributed by atoms with van der Waals surface area (Å²) in [6, 6.07) is 4.44. The molecule has 2 unspecified atom stereocenters. The zero-order valence-corrected chi connectivity index (χ0v) is 14.8. The molecular formula is C17H17F3N2O2S. The molecule has 0 radical (unpaired) electrons. The van der Waals surface area contributed by atoms with Crippen LogP contribution in [0.3, 0.4) is 0 Å². The molecule has 0 N–H and O–H groups in total. The molecule has 1 aromatic carbocycles. The molecule has 2 heterocycles. The predicted molar refractivity (Wildman–Crippen MR) is 90.8 cm³/mol. The molecule has 1 amide bonds. The number of amides is 1. The van der Waals surface area contributed by atoms with Crippen LogP contribution in [0.1, 0.15) is 32.8 Å². The Balaban J connectivity index is 2.04. The van der Waals surface area contributed by atoms with Gasteiger partial charge in [0.25, 0.3) is 5.91 Å². The van der Waals surface area contributed by atoms with E-state index in [-0.39, 0.29) is 17.9 Å². The average Bonchev–Trinajstić information content (AvgIpc) is 2.78. The van der Waals surface area contributed by atoms with Crippen LogP contribution in [-0.2, 0) is 21.8 Å². The van der Waals surface area contributed by atoms with Crippen LogP contribution in [0.25, 0.3) is 0 Å². The Kier molecular flexibility index (Phi) is 4.14. The maximum Gasteiger partial charge on any atom is 0.416 e. The van der Waals surface area contributed by atoms with Gasteiger partial charge in [0.1, 0.15) is 0 Å². The second-order valence-corrected chi connectivity index (χ2v) is 8.08. The molecule has 2 aliphatic rings. The van der Waals surface area contributed by atoms with Gasteiger partial charge in [-0.1, -0.05) is 17.2 Å². The predicted octanol–water partition coefficient (Wildman–Crippen LogP) is 3.66. The van der Waals surface area contributed by atoms with Gasteiger partial charge < -0.3 is 0 Å². The summed E-state index contributed by atoms with van der Waals surface area (Å²) in [6.07, 6.45) is -4.24. The van der Waals surface area contributed by atoms with Gasteiger partial charge in [0, 0.05) is 16.6 Å². The summed E-state index contributed by atoms with van der Waals surface area (Å²) < 4.78 is 50.3. The molecule has 8 heteroatoms. The number of carbonyl (C=O) groups excluding carboxylic acids is 1. The summed E-state index contributed by atoms with van der Waals surface area (Å²) in [5.74, 6) is -0.268. The number of benzene rings is 1. The molecule has 2 aliphatic heterocycles. The van der Waals surface area contributed by atoms with Gasteiger partial charge >= 0.3 is 6.18 Å². The zero-order chi connectivity index (χ0) is 18.6. The number of nitrogens with zero attached hydrogens (tertiary/aromatic N) is 2. The van der Waals surface area contributed by atoms with E-state index in [0.29, 0.717) is 5.71 Å². The van der Waals surface area contributed by atoms with Crippen molar-refractivity contribution in [3.63, 3.8) is 0 Å². The van der Waals surface area contributed by atoms with E-state index < -0.39 is 33.2 Å². The first-order chi connectivity index (χ1) is 11.6. The lowest BCUT2D eigenvalue weighted by atomic mass is 9.92. The van der Waals surface area contributed by atoms with Crippen LogP contribution in [0.2, 0.25) is 0 Å². The highest BCUT2D eigenvalue weighted by Gasteiger charge is 2.55. The molecule has 2 atom stereocenters. The first-order valence-electron chi connectivity index (χ1n) is 7.68. The molecule has 3 rings (SSSR count). The van der Waals surface area contributed by atoms with Crippen molar-refractivity contribution in [1.82, 2.24) is 0 Å². The standard InChI is InChI=1S/C17H17F3N2O2S/c1-10-8-16(25(24)9-11(10)2)12(3)21-22(15(16)23)14-6-4-5-13(7-14)17(18,19)20/h4-7H,8-9H2,1-3H3. The summed E-state index contributed by atoms with van der Waals surface area (Å²) in [5, 5.41) is 5.12. The minimum absolute atomic E-state index is 0.0250. The molecule has 0 fully saturated rings. The maximum absolute atomic E-state index is 13.0. The van der Waals surface area contributed by atoms with Gasteiger partial charge in [-0.3, -0.25) is 9.00 Å². The zero-order valence-electron chi connectivity index (χ0n) is 14.0. The van der Waals surface area contributed by atoms with E-state index in [0.717, 1.165) is 28.3 Å². The van der Waals surface area contributed by atoms with Crippen molar-refractivity contribution in [2.45, 2.75) is 38.1 Å². The fraction of sp³-hybridized carbons (Fsp3) is 0.412. The topological polar surface area (TPSA) is 49.7 Å². The van der Waals surface area contributed by atoms with E-state index in [9.17, 15) is 22.2 Å². The van der Waals surface area contributed by atoms with Crippen molar-refractivity contribution >= 4 is 28.1 Å². The number of halogens is 3. The third kappa shape index (κ3) is 2.72.